The molecule has 0 bridgehead atoms. The molecule has 0 aliphatic heterocycles. The fraction of sp³-hybridized carbons (Fsp3) is 0.455. The fourth-order valence-corrected chi connectivity index (χ4v) is 1.41. The maximum atomic E-state index is 12.6. The van der Waals surface area contributed by atoms with Crippen LogP contribution >= 0.6 is 0 Å². The van der Waals surface area contributed by atoms with E-state index >= 15 is 0 Å². The van der Waals surface area contributed by atoms with Gasteiger partial charge in [0.05, 0.1) is 7.11 Å². The van der Waals surface area contributed by atoms with Crippen molar-refractivity contribution < 1.29 is 18.6 Å². The lowest BCUT2D eigenvalue weighted by atomic mass is 10.0. The zero-order chi connectivity index (χ0) is 11.3. The van der Waals surface area contributed by atoms with Gasteiger partial charge in [0.25, 0.3) is 6.43 Å². The summed E-state index contributed by atoms with van der Waals surface area (Å²) < 4.78 is 30.1. The second-order valence-electron chi connectivity index (χ2n) is 3.19. The molecule has 0 amide bonds. The second-order valence-corrected chi connectivity index (χ2v) is 3.19. The molecule has 15 heavy (non-hydrogen) atoms. The fourth-order valence-electron chi connectivity index (χ4n) is 1.41. The molecule has 0 spiro atoms. The Labute approximate surface area is 87.5 Å². The minimum atomic E-state index is -2.48. The van der Waals surface area contributed by atoms with Crippen LogP contribution in [0.1, 0.15) is 24.0 Å². The van der Waals surface area contributed by atoms with Crippen LogP contribution in [-0.4, -0.2) is 18.8 Å². The molecule has 0 aliphatic carbocycles. The standard InChI is InChI=1S/C11H14F2O2/c1-15-9-4-5-10(11(12)13)8(7-9)3-2-6-14/h4-5,7,11,14H,2-3,6H2,1H3. The Morgan fingerprint density at radius 1 is 1.40 bits per heavy atom. The van der Waals surface area contributed by atoms with E-state index in [1.165, 1.54) is 19.2 Å². The highest BCUT2D eigenvalue weighted by atomic mass is 19.3. The van der Waals surface area contributed by atoms with E-state index in [-0.39, 0.29) is 12.2 Å². The number of aliphatic hydroxyl groups excluding tert-OH is 1. The van der Waals surface area contributed by atoms with E-state index in [2.05, 4.69) is 0 Å². The van der Waals surface area contributed by atoms with Crippen molar-refractivity contribution in [1.29, 1.82) is 0 Å². The molecule has 0 unspecified atom stereocenters. The summed E-state index contributed by atoms with van der Waals surface area (Å²) in [5, 5.41) is 8.66. The van der Waals surface area contributed by atoms with Crippen molar-refractivity contribution in [3.63, 3.8) is 0 Å². The smallest absolute Gasteiger partial charge is 0.264 e. The van der Waals surface area contributed by atoms with E-state index in [0.29, 0.717) is 24.2 Å². The van der Waals surface area contributed by atoms with E-state index in [9.17, 15) is 8.78 Å². The molecule has 0 heterocycles. The zero-order valence-corrected chi connectivity index (χ0v) is 8.54. The molecular formula is C11H14F2O2. The molecule has 2 nitrogen and oxygen atoms in total. The van der Waals surface area contributed by atoms with Crippen LogP contribution in [-0.2, 0) is 6.42 Å². The number of methoxy groups -OCH3 is 1. The molecule has 0 aliphatic rings. The highest BCUT2D eigenvalue weighted by molar-refractivity contribution is 5.36. The van der Waals surface area contributed by atoms with Crippen LogP contribution in [0, 0.1) is 0 Å². The number of aliphatic hydroxyl groups is 1. The highest BCUT2D eigenvalue weighted by Gasteiger charge is 2.13. The summed E-state index contributed by atoms with van der Waals surface area (Å²) in [4.78, 5) is 0. The van der Waals surface area contributed by atoms with Crippen LogP contribution in [0.25, 0.3) is 0 Å². The lowest BCUT2D eigenvalue weighted by Crippen LogP contribution is -1.98. The van der Waals surface area contributed by atoms with Crippen LogP contribution in [0.15, 0.2) is 18.2 Å². The monoisotopic (exact) mass is 216 g/mol. The first-order valence-corrected chi connectivity index (χ1v) is 4.75. The molecule has 0 fully saturated rings. The largest absolute Gasteiger partial charge is 0.497 e. The zero-order valence-electron chi connectivity index (χ0n) is 8.54. The van der Waals surface area contributed by atoms with Crippen LogP contribution in [0.2, 0.25) is 0 Å². The summed E-state index contributed by atoms with van der Waals surface area (Å²) in [6.07, 6.45) is -1.56. The lowest BCUT2D eigenvalue weighted by Gasteiger charge is -2.10. The van der Waals surface area contributed by atoms with Gasteiger partial charge in [-0.15, -0.1) is 0 Å². The Morgan fingerprint density at radius 3 is 2.67 bits per heavy atom. The Bertz CT molecular complexity index is 313. The van der Waals surface area contributed by atoms with Crippen LogP contribution in [0.3, 0.4) is 0 Å². The van der Waals surface area contributed by atoms with Gasteiger partial charge in [0.1, 0.15) is 5.75 Å². The van der Waals surface area contributed by atoms with Crippen molar-refractivity contribution in [2.75, 3.05) is 13.7 Å². The van der Waals surface area contributed by atoms with Gasteiger partial charge < -0.3 is 9.84 Å². The number of ether oxygens (including phenoxy) is 1. The van der Waals surface area contributed by atoms with Gasteiger partial charge in [-0.3, -0.25) is 0 Å². The predicted octanol–water partition coefficient (Wildman–Crippen LogP) is 2.56. The van der Waals surface area contributed by atoms with Gasteiger partial charge in [-0.1, -0.05) is 0 Å². The highest BCUT2D eigenvalue weighted by Crippen LogP contribution is 2.27. The minimum Gasteiger partial charge on any atom is -0.497 e. The van der Waals surface area contributed by atoms with Crippen LogP contribution in [0.4, 0.5) is 8.78 Å². The molecule has 0 radical (unpaired) electrons. The average molecular weight is 216 g/mol. The molecule has 84 valence electrons. The Morgan fingerprint density at radius 2 is 2.13 bits per heavy atom. The van der Waals surface area contributed by atoms with Crippen LogP contribution in [0.5, 0.6) is 5.75 Å². The Balaban J connectivity index is 2.94. The molecule has 0 atom stereocenters. The molecular weight excluding hydrogens is 202 g/mol. The summed E-state index contributed by atoms with van der Waals surface area (Å²) in [6, 6.07) is 4.48. The van der Waals surface area contributed by atoms with E-state index in [1.54, 1.807) is 6.07 Å². The van der Waals surface area contributed by atoms with Crippen molar-refractivity contribution in [3.8, 4) is 5.75 Å². The minimum absolute atomic E-state index is 0.000111. The van der Waals surface area contributed by atoms with Gasteiger partial charge in [-0.25, -0.2) is 8.78 Å². The normalized spacial score (nSPS) is 10.7. The molecule has 0 saturated carbocycles. The molecule has 1 N–H and O–H groups in total. The average Bonchev–Trinajstić information content (AvgIpc) is 2.25. The Hall–Kier alpha value is -1.16. The van der Waals surface area contributed by atoms with Crippen molar-refractivity contribution >= 4 is 0 Å². The van der Waals surface area contributed by atoms with E-state index in [4.69, 9.17) is 9.84 Å². The van der Waals surface area contributed by atoms with Crippen molar-refractivity contribution in [1.82, 2.24) is 0 Å². The molecule has 0 saturated heterocycles. The van der Waals surface area contributed by atoms with Gasteiger partial charge in [0.15, 0.2) is 0 Å². The summed E-state index contributed by atoms with van der Waals surface area (Å²) >= 11 is 0. The third kappa shape index (κ3) is 3.16. The third-order valence-corrected chi connectivity index (χ3v) is 2.19. The Kier molecular flexibility index (Phi) is 4.49. The molecule has 1 aromatic carbocycles. The van der Waals surface area contributed by atoms with Crippen molar-refractivity contribution in [2.45, 2.75) is 19.3 Å². The number of benzene rings is 1. The predicted molar refractivity (Wildman–Crippen MR) is 53.4 cm³/mol. The molecule has 0 aromatic heterocycles. The van der Waals surface area contributed by atoms with Crippen LogP contribution < -0.4 is 4.74 Å². The van der Waals surface area contributed by atoms with Gasteiger partial charge >= 0.3 is 0 Å². The van der Waals surface area contributed by atoms with E-state index in [1.807, 2.05) is 0 Å². The summed E-state index contributed by atoms with van der Waals surface area (Å²) in [5.41, 5.74) is 0.558. The maximum absolute atomic E-state index is 12.6. The first-order valence-electron chi connectivity index (χ1n) is 4.75. The summed E-state index contributed by atoms with van der Waals surface area (Å²) in [7, 11) is 1.49. The number of hydrogen-bond acceptors (Lipinski definition) is 2. The van der Waals surface area contributed by atoms with Gasteiger partial charge in [-0.05, 0) is 36.6 Å². The maximum Gasteiger partial charge on any atom is 0.264 e. The summed E-state index contributed by atoms with van der Waals surface area (Å²) in [6.45, 7) is -0.000111. The molecule has 4 heteroatoms. The first kappa shape index (κ1) is 11.9. The van der Waals surface area contributed by atoms with Gasteiger partial charge in [0.2, 0.25) is 0 Å². The second kappa shape index (κ2) is 5.66. The molecule has 1 aromatic rings. The number of aryl methyl sites for hydroxylation is 1. The SMILES string of the molecule is COc1ccc(C(F)F)c(CCCO)c1. The number of alkyl halides is 2. The third-order valence-electron chi connectivity index (χ3n) is 2.19. The van der Waals surface area contributed by atoms with E-state index < -0.39 is 6.43 Å². The number of hydrogen-bond donors (Lipinski definition) is 1. The van der Waals surface area contributed by atoms with Gasteiger partial charge in [-0.2, -0.15) is 0 Å². The first-order chi connectivity index (χ1) is 7.19. The summed E-state index contributed by atoms with van der Waals surface area (Å²) in [5.74, 6) is 0.562. The van der Waals surface area contributed by atoms with E-state index in [0.717, 1.165) is 0 Å². The van der Waals surface area contributed by atoms with Crippen molar-refractivity contribution in [2.24, 2.45) is 0 Å². The topological polar surface area (TPSA) is 29.5 Å². The van der Waals surface area contributed by atoms with Gasteiger partial charge in [0, 0.05) is 12.2 Å². The quantitative estimate of drug-likeness (QED) is 0.819. The van der Waals surface area contributed by atoms with Crippen molar-refractivity contribution in [3.05, 3.63) is 29.3 Å². The lowest BCUT2D eigenvalue weighted by molar-refractivity contribution is 0.150. The molecule has 1 rings (SSSR count). The number of halogens is 2. The number of rotatable bonds is 5.